The summed E-state index contributed by atoms with van der Waals surface area (Å²) < 4.78 is 82.4. The Morgan fingerprint density at radius 3 is 2.19 bits per heavy atom. The first-order valence-corrected chi connectivity index (χ1v) is 14.6. The molecule has 0 aliphatic rings. The number of β-amino-alcohol motifs (C(OH)–C–C–N with tert-alkyl or cyclic N) is 1. The lowest BCUT2D eigenvalue weighted by molar-refractivity contribution is -0.138. The summed E-state index contributed by atoms with van der Waals surface area (Å²) in [6.07, 6.45) is -5.98. The predicted octanol–water partition coefficient (Wildman–Crippen LogP) is 5.38. The number of hydrogen-bond acceptors (Lipinski definition) is 5. The Hall–Kier alpha value is -3.03. The molecule has 0 aliphatic carbocycles. The second kappa shape index (κ2) is 13.1. The van der Waals surface area contributed by atoms with Crippen LogP contribution in [0.2, 0.25) is 5.02 Å². The van der Waals surface area contributed by atoms with Gasteiger partial charge in [0.1, 0.15) is 5.82 Å². The third-order valence-electron chi connectivity index (χ3n) is 6.50. The highest BCUT2D eigenvalue weighted by atomic mass is 35.5. The molecule has 0 aliphatic heterocycles. The van der Waals surface area contributed by atoms with E-state index in [1.54, 1.807) is 6.07 Å². The maximum atomic E-state index is 13.8. The number of alkyl halides is 3. The Morgan fingerprint density at radius 1 is 1.00 bits per heavy atom. The number of aliphatic carboxylic acids is 1. The minimum atomic E-state index is -4.84. The van der Waals surface area contributed by atoms with Crippen molar-refractivity contribution in [1.82, 2.24) is 9.62 Å². The molecule has 1 atom stereocenters. The number of carboxylic acid groups (broad SMARTS) is 1. The third kappa shape index (κ3) is 8.98. The minimum Gasteiger partial charge on any atom is -0.481 e. The molecule has 3 N–H and O–H groups in total. The lowest BCUT2D eigenvalue weighted by Crippen LogP contribution is -2.47. The zero-order valence-corrected chi connectivity index (χ0v) is 24.6. The summed E-state index contributed by atoms with van der Waals surface area (Å²) >= 11 is 5.72. The van der Waals surface area contributed by atoms with Crippen molar-refractivity contribution in [3.63, 3.8) is 0 Å². The maximum Gasteiger partial charge on any atom is 0.416 e. The van der Waals surface area contributed by atoms with Crippen LogP contribution in [-0.2, 0) is 33.8 Å². The largest absolute Gasteiger partial charge is 0.481 e. The second-order valence-electron chi connectivity index (χ2n) is 10.6. The lowest BCUT2D eigenvalue weighted by atomic mass is 9.94. The molecule has 0 bridgehead atoms. The molecule has 42 heavy (non-hydrogen) atoms. The highest BCUT2D eigenvalue weighted by Gasteiger charge is 2.34. The van der Waals surface area contributed by atoms with Crippen LogP contribution in [0.4, 0.5) is 17.6 Å². The summed E-state index contributed by atoms with van der Waals surface area (Å²) in [7, 11) is -3.32. The molecule has 0 spiro atoms. The molecule has 13 heteroatoms. The molecule has 0 radical (unpaired) electrons. The zero-order valence-electron chi connectivity index (χ0n) is 23.0. The number of nitrogens with one attached hydrogen (secondary N) is 1. The first kappa shape index (κ1) is 33.5. The lowest BCUT2D eigenvalue weighted by Gasteiger charge is -2.29. The van der Waals surface area contributed by atoms with Gasteiger partial charge in [-0.1, -0.05) is 41.9 Å². The summed E-state index contributed by atoms with van der Waals surface area (Å²) in [5, 5.41) is 22.6. The van der Waals surface area contributed by atoms with Crippen LogP contribution in [-0.4, -0.2) is 60.7 Å². The Morgan fingerprint density at radius 2 is 1.62 bits per heavy atom. The van der Waals surface area contributed by atoms with Gasteiger partial charge in [0, 0.05) is 25.7 Å². The van der Waals surface area contributed by atoms with Crippen LogP contribution in [0.1, 0.15) is 30.5 Å². The Bertz CT molecular complexity index is 1530. The Labute approximate surface area is 246 Å². The van der Waals surface area contributed by atoms with Gasteiger partial charge in [-0.3, -0.25) is 4.79 Å². The van der Waals surface area contributed by atoms with E-state index in [1.807, 2.05) is 13.8 Å². The molecular formula is C29H31ClF4N2O5S. The number of carbonyl (C=O) groups is 1. The van der Waals surface area contributed by atoms with Crippen LogP contribution in [0.5, 0.6) is 0 Å². The van der Waals surface area contributed by atoms with Crippen molar-refractivity contribution in [3.8, 4) is 11.1 Å². The number of hydrogen-bond donors (Lipinski definition) is 3. The average molecular weight is 631 g/mol. The second-order valence-corrected chi connectivity index (χ2v) is 13.1. The summed E-state index contributed by atoms with van der Waals surface area (Å²) in [4.78, 5) is 10.3. The molecule has 3 aromatic rings. The van der Waals surface area contributed by atoms with Gasteiger partial charge in [-0.2, -0.15) is 17.5 Å². The SMILES string of the molecule is CN(C[C@H](O)CNC(C)(C)Cc1ccc(Cl)c(F)c1)S(=O)(=O)c1cc(-c2ccc(CC(=O)O)cc2)cc(C(F)(F)F)c1. The summed E-state index contributed by atoms with van der Waals surface area (Å²) in [5.74, 6) is -1.64. The van der Waals surface area contributed by atoms with Gasteiger partial charge in [-0.25, -0.2) is 12.8 Å². The van der Waals surface area contributed by atoms with E-state index in [0.717, 1.165) is 23.5 Å². The van der Waals surface area contributed by atoms with Crippen molar-refractivity contribution in [1.29, 1.82) is 0 Å². The summed E-state index contributed by atoms with van der Waals surface area (Å²) in [6.45, 7) is 3.14. The van der Waals surface area contributed by atoms with Gasteiger partial charge in [0.05, 0.1) is 28.0 Å². The van der Waals surface area contributed by atoms with E-state index >= 15 is 0 Å². The molecule has 0 aromatic heterocycles. The first-order chi connectivity index (χ1) is 19.4. The quantitative estimate of drug-likeness (QED) is 0.232. The average Bonchev–Trinajstić information content (AvgIpc) is 2.89. The van der Waals surface area contributed by atoms with Crippen molar-refractivity contribution in [2.75, 3.05) is 20.1 Å². The summed E-state index contributed by atoms with van der Waals surface area (Å²) in [6, 6.07) is 12.6. The van der Waals surface area contributed by atoms with E-state index in [9.17, 15) is 35.9 Å². The molecule has 0 heterocycles. The van der Waals surface area contributed by atoms with Gasteiger partial charge in [0.25, 0.3) is 0 Å². The Kier molecular flexibility index (Phi) is 10.4. The molecule has 7 nitrogen and oxygen atoms in total. The minimum absolute atomic E-state index is 0.00859. The molecule has 0 saturated heterocycles. The van der Waals surface area contributed by atoms with Crippen molar-refractivity contribution in [3.05, 3.63) is 88.2 Å². The van der Waals surface area contributed by atoms with Gasteiger partial charge in [0.15, 0.2) is 0 Å². The van der Waals surface area contributed by atoms with Crippen molar-refractivity contribution < 1.29 is 41.0 Å². The predicted molar refractivity (Wildman–Crippen MR) is 151 cm³/mol. The van der Waals surface area contributed by atoms with E-state index in [-0.39, 0.29) is 29.1 Å². The van der Waals surface area contributed by atoms with Crippen LogP contribution in [0.25, 0.3) is 11.1 Å². The van der Waals surface area contributed by atoms with Crippen LogP contribution in [0.15, 0.2) is 65.6 Å². The maximum absolute atomic E-state index is 13.8. The van der Waals surface area contributed by atoms with E-state index in [4.69, 9.17) is 16.7 Å². The smallest absolute Gasteiger partial charge is 0.416 e. The number of aliphatic hydroxyl groups excluding tert-OH is 1. The number of nitrogens with zero attached hydrogens (tertiary/aromatic N) is 1. The molecule has 0 amide bonds. The van der Waals surface area contributed by atoms with Gasteiger partial charge in [0.2, 0.25) is 10.0 Å². The molecule has 3 rings (SSSR count). The molecular weight excluding hydrogens is 600 g/mol. The van der Waals surface area contributed by atoms with E-state index in [1.165, 1.54) is 36.4 Å². The standard InChI is InChI=1S/C29H31ClF4N2O5S/c1-28(2,15-19-6-9-25(30)26(31)10-19)35-16-23(37)17-36(3)42(40,41)24-13-21(12-22(14-24)29(32,33)34)20-7-4-18(5-8-20)11-27(38)39/h4-10,12-14,23,35,37H,11,15-17H2,1-3H3,(H,38,39)/t23-/m1/s1. The number of likely N-dealkylation sites (N-methyl/N-ethyl adjacent to an activating group) is 1. The molecule has 0 saturated carbocycles. The molecule has 228 valence electrons. The van der Waals surface area contributed by atoms with Crippen LogP contribution in [0, 0.1) is 5.82 Å². The Balaban J connectivity index is 1.77. The monoisotopic (exact) mass is 630 g/mol. The van der Waals surface area contributed by atoms with Crippen LogP contribution < -0.4 is 5.32 Å². The zero-order chi connectivity index (χ0) is 31.5. The summed E-state index contributed by atoms with van der Waals surface area (Å²) in [5.41, 5.74) is -0.488. The van der Waals surface area contributed by atoms with Gasteiger partial charge >= 0.3 is 12.1 Å². The highest BCUT2D eigenvalue weighted by Crippen LogP contribution is 2.35. The third-order valence-corrected chi connectivity index (χ3v) is 8.61. The van der Waals surface area contributed by atoms with E-state index in [0.29, 0.717) is 23.6 Å². The van der Waals surface area contributed by atoms with Gasteiger partial charge in [-0.15, -0.1) is 0 Å². The number of aliphatic hydroxyl groups is 1. The van der Waals surface area contributed by atoms with Crippen molar-refractivity contribution >= 4 is 27.6 Å². The fourth-order valence-electron chi connectivity index (χ4n) is 4.32. The number of sulfonamides is 1. The van der Waals surface area contributed by atoms with Crippen molar-refractivity contribution in [2.45, 2.75) is 49.4 Å². The first-order valence-electron chi connectivity index (χ1n) is 12.7. The fraction of sp³-hybridized carbons (Fsp3) is 0.345. The fourth-order valence-corrected chi connectivity index (χ4v) is 5.72. The van der Waals surface area contributed by atoms with E-state index in [2.05, 4.69) is 5.32 Å². The topological polar surface area (TPSA) is 107 Å². The van der Waals surface area contributed by atoms with Gasteiger partial charge < -0.3 is 15.5 Å². The number of carboxylic acids is 1. The normalized spacial score (nSPS) is 13.4. The van der Waals surface area contributed by atoms with E-state index < -0.39 is 56.6 Å². The molecule has 3 aromatic carbocycles. The number of benzene rings is 3. The number of rotatable bonds is 12. The van der Waals surface area contributed by atoms with Gasteiger partial charge in [-0.05, 0) is 72.9 Å². The van der Waals surface area contributed by atoms with Crippen LogP contribution >= 0.6 is 11.6 Å². The van der Waals surface area contributed by atoms with Crippen LogP contribution in [0.3, 0.4) is 0 Å². The number of halogens is 5. The van der Waals surface area contributed by atoms with Crippen molar-refractivity contribution in [2.24, 2.45) is 0 Å². The molecule has 0 fully saturated rings. The highest BCUT2D eigenvalue weighted by molar-refractivity contribution is 7.89. The molecule has 0 unspecified atom stereocenters.